The van der Waals surface area contributed by atoms with Crippen molar-refractivity contribution in [3.63, 3.8) is 0 Å². The molecule has 0 saturated carbocycles. The van der Waals surface area contributed by atoms with E-state index in [0.717, 1.165) is 42.9 Å². The van der Waals surface area contributed by atoms with Gasteiger partial charge >= 0.3 is 0 Å². The molecule has 22 heavy (non-hydrogen) atoms. The molecular formula is C17H19N5. The molecule has 0 bridgehead atoms. The fraction of sp³-hybridized carbons (Fsp3) is 0.294. The van der Waals surface area contributed by atoms with E-state index in [9.17, 15) is 0 Å². The molecule has 1 aliphatic heterocycles. The van der Waals surface area contributed by atoms with Gasteiger partial charge in [0.25, 0.3) is 0 Å². The minimum Gasteiger partial charge on any atom is -0.369 e. The number of rotatable bonds is 2. The van der Waals surface area contributed by atoms with Gasteiger partial charge in [0.1, 0.15) is 5.52 Å². The number of benzene rings is 1. The number of likely N-dealkylation sites (N-methyl/N-ethyl adjacent to an activating group) is 1. The standard InChI is InChI=1S/C17H19N5/c1-21-6-8-22(9-7-21)15-4-2-13(3-5-15)14-10-16-17(18-11-14)20-12-19-16/h2-5,10-12H,6-9H2,1H3,(H,18,19,20). The first-order valence-electron chi connectivity index (χ1n) is 7.63. The van der Waals surface area contributed by atoms with Crippen molar-refractivity contribution in [3.05, 3.63) is 42.9 Å². The lowest BCUT2D eigenvalue weighted by molar-refractivity contribution is 0.313. The maximum Gasteiger partial charge on any atom is 0.157 e. The fourth-order valence-electron chi connectivity index (χ4n) is 2.91. The van der Waals surface area contributed by atoms with Crippen LogP contribution in [-0.4, -0.2) is 53.1 Å². The third-order valence-electron chi connectivity index (χ3n) is 4.34. The monoisotopic (exact) mass is 293 g/mol. The fourth-order valence-corrected chi connectivity index (χ4v) is 2.91. The lowest BCUT2D eigenvalue weighted by atomic mass is 10.1. The maximum absolute atomic E-state index is 4.40. The number of aromatic amines is 1. The Kier molecular flexibility index (Phi) is 3.27. The number of aromatic nitrogens is 3. The van der Waals surface area contributed by atoms with Gasteiger partial charge in [-0.25, -0.2) is 9.97 Å². The van der Waals surface area contributed by atoms with Gasteiger partial charge in [0, 0.05) is 43.6 Å². The summed E-state index contributed by atoms with van der Waals surface area (Å²) in [7, 11) is 2.18. The van der Waals surface area contributed by atoms with Crippen LogP contribution in [-0.2, 0) is 0 Å². The van der Waals surface area contributed by atoms with Gasteiger partial charge in [-0.15, -0.1) is 0 Å². The van der Waals surface area contributed by atoms with Crippen LogP contribution < -0.4 is 4.90 Å². The molecule has 0 atom stereocenters. The molecule has 1 saturated heterocycles. The quantitative estimate of drug-likeness (QED) is 0.788. The molecule has 1 aromatic carbocycles. The number of nitrogens with one attached hydrogen (secondary N) is 1. The highest BCUT2D eigenvalue weighted by Gasteiger charge is 2.14. The Morgan fingerprint density at radius 2 is 1.73 bits per heavy atom. The molecule has 0 amide bonds. The third-order valence-corrected chi connectivity index (χ3v) is 4.34. The number of piperazine rings is 1. The van der Waals surface area contributed by atoms with Crippen LogP contribution in [0, 0.1) is 0 Å². The van der Waals surface area contributed by atoms with Crippen molar-refractivity contribution in [2.75, 3.05) is 38.1 Å². The Labute approximate surface area is 129 Å². The van der Waals surface area contributed by atoms with Crippen molar-refractivity contribution in [1.29, 1.82) is 0 Å². The molecule has 2 aromatic heterocycles. The van der Waals surface area contributed by atoms with Crippen molar-refractivity contribution in [1.82, 2.24) is 19.9 Å². The van der Waals surface area contributed by atoms with Crippen LogP contribution in [0.25, 0.3) is 22.3 Å². The highest BCUT2D eigenvalue weighted by Crippen LogP contribution is 2.24. The van der Waals surface area contributed by atoms with Crippen LogP contribution in [0.2, 0.25) is 0 Å². The SMILES string of the molecule is CN1CCN(c2ccc(-c3cnc4[nH]cnc4c3)cc2)CC1. The molecule has 5 nitrogen and oxygen atoms in total. The molecule has 0 unspecified atom stereocenters. The smallest absolute Gasteiger partial charge is 0.157 e. The van der Waals surface area contributed by atoms with Crippen molar-refractivity contribution in [3.8, 4) is 11.1 Å². The lowest BCUT2D eigenvalue weighted by Gasteiger charge is -2.34. The van der Waals surface area contributed by atoms with Gasteiger partial charge in [-0.2, -0.15) is 0 Å². The van der Waals surface area contributed by atoms with E-state index in [1.54, 1.807) is 6.33 Å². The Balaban J connectivity index is 1.58. The lowest BCUT2D eigenvalue weighted by Crippen LogP contribution is -2.44. The molecule has 1 fully saturated rings. The van der Waals surface area contributed by atoms with E-state index in [4.69, 9.17) is 0 Å². The topological polar surface area (TPSA) is 48.0 Å². The van der Waals surface area contributed by atoms with Crippen LogP contribution in [0.15, 0.2) is 42.9 Å². The first kappa shape index (κ1) is 13.3. The number of H-pyrrole nitrogens is 1. The molecule has 1 N–H and O–H groups in total. The van der Waals surface area contributed by atoms with E-state index in [2.05, 4.69) is 62.1 Å². The second-order valence-corrected chi connectivity index (χ2v) is 5.83. The van der Waals surface area contributed by atoms with E-state index >= 15 is 0 Å². The number of nitrogens with zero attached hydrogens (tertiary/aromatic N) is 4. The molecule has 0 aliphatic carbocycles. The molecule has 0 radical (unpaired) electrons. The summed E-state index contributed by atoms with van der Waals surface area (Å²) in [4.78, 5) is 16.5. The van der Waals surface area contributed by atoms with Gasteiger partial charge in [-0.1, -0.05) is 12.1 Å². The number of anilines is 1. The van der Waals surface area contributed by atoms with Gasteiger partial charge in [0.2, 0.25) is 0 Å². The van der Waals surface area contributed by atoms with Gasteiger partial charge < -0.3 is 14.8 Å². The number of fused-ring (bicyclic) bond motifs is 1. The van der Waals surface area contributed by atoms with Crippen molar-refractivity contribution < 1.29 is 0 Å². The molecule has 4 rings (SSSR count). The Bertz CT molecular complexity index is 769. The van der Waals surface area contributed by atoms with Gasteiger partial charge in [0.05, 0.1) is 6.33 Å². The predicted molar refractivity (Wildman–Crippen MR) is 89.0 cm³/mol. The summed E-state index contributed by atoms with van der Waals surface area (Å²) in [5.41, 5.74) is 5.31. The van der Waals surface area contributed by atoms with Gasteiger partial charge in [-0.05, 0) is 30.8 Å². The number of imidazole rings is 1. The molecule has 112 valence electrons. The van der Waals surface area contributed by atoms with Gasteiger partial charge in [0.15, 0.2) is 5.65 Å². The van der Waals surface area contributed by atoms with Crippen LogP contribution in [0.3, 0.4) is 0 Å². The average molecular weight is 293 g/mol. The van der Waals surface area contributed by atoms with Crippen molar-refractivity contribution >= 4 is 16.9 Å². The zero-order valence-corrected chi connectivity index (χ0v) is 12.7. The maximum atomic E-state index is 4.40. The molecule has 3 aromatic rings. The summed E-state index contributed by atoms with van der Waals surface area (Å²) in [5, 5.41) is 0. The summed E-state index contributed by atoms with van der Waals surface area (Å²) in [6, 6.07) is 10.8. The number of hydrogen-bond donors (Lipinski definition) is 1. The summed E-state index contributed by atoms with van der Waals surface area (Å²) in [6.07, 6.45) is 3.57. The summed E-state index contributed by atoms with van der Waals surface area (Å²) in [5.74, 6) is 0. The molecule has 5 heteroatoms. The van der Waals surface area contributed by atoms with Crippen LogP contribution in [0.5, 0.6) is 0 Å². The molecular weight excluding hydrogens is 274 g/mol. The van der Waals surface area contributed by atoms with Crippen molar-refractivity contribution in [2.24, 2.45) is 0 Å². The molecule has 1 aliphatic rings. The molecule has 0 spiro atoms. The zero-order valence-electron chi connectivity index (χ0n) is 12.7. The Morgan fingerprint density at radius 3 is 2.50 bits per heavy atom. The molecule has 3 heterocycles. The summed E-state index contributed by atoms with van der Waals surface area (Å²) < 4.78 is 0. The van der Waals surface area contributed by atoms with Crippen molar-refractivity contribution in [2.45, 2.75) is 0 Å². The number of hydrogen-bond acceptors (Lipinski definition) is 4. The van der Waals surface area contributed by atoms with Crippen LogP contribution >= 0.6 is 0 Å². The zero-order chi connectivity index (χ0) is 14.9. The van der Waals surface area contributed by atoms with Crippen LogP contribution in [0.4, 0.5) is 5.69 Å². The highest BCUT2D eigenvalue weighted by molar-refractivity contribution is 5.78. The second-order valence-electron chi connectivity index (χ2n) is 5.83. The van der Waals surface area contributed by atoms with E-state index < -0.39 is 0 Å². The summed E-state index contributed by atoms with van der Waals surface area (Å²) >= 11 is 0. The van der Waals surface area contributed by atoms with E-state index in [1.165, 1.54) is 11.3 Å². The average Bonchev–Trinajstić information content (AvgIpc) is 3.03. The van der Waals surface area contributed by atoms with Gasteiger partial charge in [-0.3, -0.25) is 0 Å². The Hall–Kier alpha value is -2.40. The minimum absolute atomic E-state index is 0.831. The minimum atomic E-state index is 0.831. The second kappa shape index (κ2) is 5.42. The van der Waals surface area contributed by atoms with E-state index in [-0.39, 0.29) is 0 Å². The Morgan fingerprint density at radius 1 is 0.955 bits per heavy atom. The van der Waals surface area contributed by atoms with E-state index in [1.807, 2.05) is 6.20 Å². The number of pyridine rings is 1. The predicted octanol–water partition coefficient (Wildman–Crippen LogP) is 2.38. The third kappa shape index (κ3) is 2.44. The first-order chi connectivity index (χ1) is 10.8. The van der Waals surface area contributed by atoms with E-state index in [0.29, 0.717) is 0 Å². The first-order valence-corrected chi connectivity index (χ1v) is 7.63. The highest BCUT2D eigenvalue weighted by atomic mass is 15.2. The van der Waals surface area contributed by atoms with Crippen LogP contribution in [0.1, 0.15) is 0 Å². The normalized spacial score (nSPS) is 16.3. The summed E-state index contributed by atoms with van der Waals surface area (Å²) in [6.45, 7) is 4.44. The largest absolute Gasteiger partial charge is 0.369 e.